The zero-order chi connectivity index (χ0) is 17.7. The molecule has 0 saturated carbocycles. The normalized spacial score (nSPS) is 11.8. The largest absolute Gasteiger partial charge is 0.437 e. The van der Waals surface area contributed by atoms with Gasteiger partial charge in [-0.1, -0.05) is 57.1 Å². The van der Waals surface area contributed by atoms with Gasteiger partial charge in [-0.15, -0.1) is 0 Å². The van der Waals surface area contributed by atoms with Crippen LogP contribution in [-0.4, -0.2) is 18.7 Å². The quantitative estimate of drug-likeness (QED) is 0.380. The van der Waals surface area contributed by atoms with E-state index in [1.807, 2.05) is 12.1 Å². The molecule has 0 amide bonds. The molecule has 3 heteroatoms. The van der Waals surface area contributed by atoms with E-state index in [1.54, 1.807) is 7.11 Å². The molecule has 1 aromatic heterocycles. The Morgan fingerprint density at radius 2 is 1.64 bits per heavy atom. The summed E-state index contributed by atoms with van der Waals surface area (Å²) in [6.45, 7) is 2.99. The van der Waals surface area contributed by atoms with Gasteiger partial charge in [0, 0.05) is 13.7 Å². The number of benzene rings is 1. The minimum absolute atomic E-state index is 0.717. The molecule has 0 aliphatic heterocycles. The minimum Gasteiger partial charge on any atom is -0.437 e. The van der Waals surface area contributed by atoms with Crippen molar-refractivity contribution < 1.29 is 9.15 Å². The van der Waals surface area contributed by atoms with E-state index in [4.69, 9.17) is 9.15 Å². The van der Waals surface area contributed by atoms with Gasteiger partial charge in [-0.2, -0.15) is 0 Å². The first-order chi connectivity index (χ1) is 12.3. The monoisotopic (exact) mass is 343 g/mol. The minimum atomic E-state index is 0.717. The zero-order valence-corrected chi connectivity index (χ0v) is 15.9. The summed E-state index contributed by atoms with van der Waals surface area (Å²) in [7, 11) is 1.78. The Bertz CT molecular complexity index is 630. The van der Waals surface area contributed by atoms with E-state index in [-0.39, 0.29) is 0 Å². The average Bonchev–Trinajstić information content (AvgIpc) is 3.01. The van der Waals surface area contributed by atoms with Crippen LogP contribution in [0.3, 0.4) is 0 Å². The lowest BCUT2D eigenvalue weighted by Crippen LogP contribution is -1.88. The number of aryl methyl sites for hydroxylation is 1. The number of rotatable bonds is 13. The van der Waals surface area contributed by atoms with Crippen LogP contribution in [-0.2, 0) is 4.74 Å². The Morgan fingerprint density at radius 1 is 0.960 bits per heavy atom. The maximum atomic E-state index is 5.72. The highest BCUT2D eigenvalue weighted by atomic mass is 16.5. The van der Waals surface area contributed by atoms with Gasteiger partial charge in [0.05, 0.1) is 0 Å². The second-order valence-corrected chi connectivity index (χ2v) is 6.89. The Labute approximate surface area is 152 Å². The van der Waals surface area contributed by atoms with E-state index in [2.05, 4.69) is 30.1 Å². The highest BCUT2D eigenvalue weighted by Gasteiger charge is 2.02. The van der Waals surface area contributed by atoms with Crippen molar-refractivity contribution >= 4 is 17.2 Å². The SMILES string of the molecule is COCCCCCCCCCCC/C=C/c1nc2cc(C)ccc2o1. The van der Waals surface area contributed by atoms with Crippen LogP contribution in [0.25, 0.3) is 17.2 Å². The van der Waals surface area contributed by atoms with E-state index >= 15 is 0 Å². The van der Waals surface area contributed by atoms with Crippen LogP contribution in [0.5, 0.6) is 0 Å². The summed E-state index contributed by atoms with van der Waals surface area (Å²) in [5, 5.41) is 0. The van der Waals surface area contributed by atoms with Gasteiger partial charge >= 0.3 is 0 Å². The number of hydrogen-bond acceptors (Lipinski definition) is 3. The van der Waals surface area contributed by atoms with Gasteiger partial charge in [0.2, 0.25) is 5.89 Å². The first-order valence-corrected chi connectivity index (χ1v) is 9.82. The molecule has 0 saturated heterocycles. The van der Waals surface area contributed by atoms with Crippen molar-refractivity contribution in [2.45, 2.75) is 71.1 Å². The maximum absolute atomic E-state index is 5.72. The standard InChI is InChI=1S/C22H33NO2/c1-19-15-16-21-20(18-19)23-22(25-21)14-12-10-8-6-4-3-5-7-9-11-13-17-24-2/h12,14-16,18H,3-11,13,17H2,1-2H3/b14-12+. The molecule has 0 spiro atoms. The van der Waals surface area contributed by atoms with Crippen LogP contribution < -0.4 is 0 Å². The average molecular weight is 344 g/mol. The number of methoxy groups -OCH3 is 1. The van der Waals surface area contributed by atoms with Crippen LogP contribution in [0.2, 0.25) is 0 Å². The molecular weight excluding hydrogens is 310 g/mol. The number of aromatic nitrogens is 1. The van der Waals surface area contributed by atoms with Gasteiger partial charge in [0.25, 0.3) is 0 Å². The number of oxazole rings is 1. The molecule has 25 heavy (non-hydrogen) atoms. The Balaban J connectivity index is 1.49. The Kier molecular flexibility index (Phi) is 9.35. The lowest BCUT2D eigenvalue weighted by Gasteiger charge is -2.01. The number of hydrogen-bond donors (Lipinski definition) is 0. The maximum Gasteiger partial charge on any atom is 0.219 e. The molecule has 0 aliphatic carbocycles. The lowest BCUT2D eigenvalue weighted by molar-refractivity contribution is 0.192. The van der Waals surface area contributed by atoms with E-state index in [1.165, 1.54) is 63.4 Å². The van der Waals surface area contributed by atoms with Gasteiger partial charge < -0.3 is 9.15 Å². The number of nitrogens with zero attached hydrogens (tertiary/aromatic N) is 1. The second-order valence-electron chi connectivity index (χ2n) is 6.89. The highest BCUT2D eigenvalue weighted by molar-refractivity contribution is 5.74. The van der Waals surface area contributed by atoms with Crippen LogP contribution in [0, 0.1) is 6.92 Å². The van der Waals surface area contributed by atoms with Crippen LogP contribution in [0.4, 0.5) is 0 Å². The second kappa shape index (κ2) is 11.9. The number of ether oxygens (including phenoxy) is 1. The molecule has 0 atom stereocenters. The molecule has 1 heterocycles. The third-order valence-corrected chi connectivity index (χ3v) is 4.54. The lowest BCUT2D eigenvalue weighted by atomic mass is 10.1. The summed E-state index contributed by atoms with van der Waals surface area (Å²) < 4.78 is 10.8. The summed E-state index contributed by atoms with van der Waals surface area (Å²) in [4.78, 5) is 4.51. The van der Waals surface area contributed by atoms with Crippen molar-refractivity contribution in [3.8, 4) is 0 Å². The Hall–Kier alpha value is -1.61. The summed E-state index contributed by atoms with van der Waals surface area (Å²) >= 11 is 0. The number of allylic oxidation sites excluding steroid dienone is 1. The fraction of sp³-hybridized carbons (Fsp3) is 0.591. The topological polar surface area (TPSA) is 35.3 Å². The summed E-state index contributed by atoms with van der Waals surface area (Å²) in [6.07, 6.45) is 17.2. The van der Waals surface area contributed by atoms with Crippen molar-refractivity contribution in [3.63, 3.8) is 0 Å². The van der Waals surface area contributed by atoms with Crippen molar-refractivity contribution in [2.24, 2.45) is 0 Å². The fourth-order valence-electron chi connectivity index (χ4n) is 3.06. The molecule has 0 radical (unpaired) electrons. The predicted molar refractivity (Wildman–Crippen MR) is 106 cm³/mol. The molecule has 0 N–H and O–H groups in total. The van der Waals surface area contributed by atoms with Crippen LogP contribution in [0.1, 0.15) is 75.7 Å². The van der Waals surface area contributed by atoms with Gasteiger partial charge in [-0.25, -0.2) is 4.98 Å². The van der Waals surface area contributed by atoms with Crippen LogP contribution >= 0.6 is 0 Å². The molecule has 3 nitrogen and oxygen atoms in total. The number of unbranched alkanes of at least 4 members (excludes halogenated alkanes) is 9. The molecule has 138 valence electrons. The van der Waals surface area contributed by atoms with Gasteiger partial charge in [-0.05, 0) is 50.0 Å². The first-order valence-electron chi connectivity index (χ1n) is 9.82. The molecule has 1 aromatic carbocycles. The Morgan fingerprint density at radius 3 is 2.36 bits per heavy atom. The third-order valence-electron chi connectivity index (χ3n) is 4.54. The smallest absolute Gasteiger partial charge is 0.219 e. The van der Waals surface area contributed by atoms with Crippen molar-refractivity contribution in [2.75, 3.05) is 13.7 Å². The highest BCUT2D eigenvalue weighted by Crippen LogP contribution is 2.18. The molecule has 2 rings (SSSR count). The van der Waals surface area contributed by atoms with Crippen molar-refractivity contribution in [1.29, 1.82) is 0 Å². The van der Waals surface area contributed by atoms with Crippen molar-refractivity contribution in [1.82, 2.24) is 4.98 Å². The van der Waals surface area contributed by atoms with E-state index in [0.717, 1.165) is 24.1 Å². The first kappa shape index (κ1) is 19.7. The zero-order valence-electron chi connectivity index (χ0n) is 15.9. The summed E-state index contributed by atoms with van der Waals surface area (Å²) in [5.74, 6) is 0.717. The van der Waals surface area contributed by atoms with Gasteiger partial charge in [0.1, 0.15) is 5.52 Å². The summed E-state index contributed by atoms with van der Waals surface area (Å²) in [6, 6.07) is 6.11. The predicted octanol–water partition coefficient (Wildman–Crippen LogP) is 6.70. The molecule has 0 fully saturated rings. The molecule has 0 aliphatic rings. The van der Waals surface area contributed by atoms with Crippen molar-refractivity contribution in [3.05, 3.63) is 35.7 Å². The third kappa shape index (κ3) is 7.87. The van der Waals surface area contributed by atoms with E-state index in [0.29, 0.717) is 5.89 Å². The molecular formula is C22H33NO2. The van der Waals surface area contributed by atoms with Crippen LogP contribution in [0.15, 0.2) is 28.7 Å². The molecule has 0 unspecified atom stereocenters. The van der Waals surface area contributed by atoms with E-state index < -0.39 is 0 Å². The fourth-order valence-corrected chi connectivity index (χ4v) is 3.06. The molecule has 0 bridgehead atoms. The van der Waals surface area contributed by atoms with Gasteiger partial charge in [0.15, 0.2) is 5.58 Å². The summed E-state index contributed by atoms with van der Waals surface area (Å²) in [5.41, 5.74) is 3.03. The van der Waals surface area contributed by atoms with Gasteiger partial charge in [-0.3, -0.25) is 0 Å². The van der Waals surface area contributed by atoms with E-state index in [9.17, 15) is 0 Å². The molecule has 2 aromatic rings. The number of fused-ring (bicyclic) bond motifs is 1.